The van der Waals surface area contributed by atoms with E-state index < -0.39 is 119 Å². The van der Waals surface area contributed by atoms with E-state index in [0.717, 1.165) is 0 Å². The Hall–Kier alpha value is -1.88. The number of carbonyl (C=O) groups excluding carboxylic acids is 1. The molecule has 21 heteroatoms. The van der Waals surface area contributed by atoms with Gasteiger partial charge >= 0.3 is 25.7 Å². The van der Waals surface area contributed by atoms with Gasteiger partial charge in [0.2, 0.25) is 12.1 Å². The summed E-state index contributed by atoms with van der Waals surface area (Å²) in [5.74, 6) is -8.45. The second kappa shape index (κ2) is 12.7. The number of phosphoric ester groups is 1. The number of hydrogen-bond donors (Lipinski definition) is 11. The van der Waals surface area contributed by atoms with Crippen LogP contribution in [0.1, 0.15) is 12.8 Å². The Morgan fingerprint density at radius 3 is 1.97 bits per heavy atom. The van der Waals surface area contributed by atoms with Gasteiger partial charge in [-0.15, -0.1) is 0 Å². The molecule has 0 aromatic carbocycles. The van der Waals surface area contributed by atoms with Crippen LogP contribution in [0.4, 0.5) is 0 Å². The van der Waals surface area contributed by atoms with Crippen LogP contribution >= 0.6 is 7.82 Å². The summed E-state index contributed by atoms with van der Waals surface area (Å²) in [5.41, 5.74) is -3.19. The van der Waals surface area contributed by atoms with Crippen molar-refractivity contribution in [2.24, 2.45) is 0 Å². The monoisotopic (exact) mass is 596 g/mol. The Balaban J connectivity index is 2.43. The zero-order valence-corrected chi connectivity index (χ0v) is 20.6. The molecule has 0 radical (unpaired) electrons. The van der Waals surface area contributed by atoms with Crippen molar-refractivity contribution < 1.29 is 98.2 Å². The van der Waals surface area contributed by atoms with Crippen molar-refractivity contribution in [3.05, 3.63) is 0 Å². The molecule has 0 amide bonds. The predicted octanol–water partition coefficient (Wildman–Crippen LogP) is -6.05. The third-order valence-electron chi connectivity index (χ3n) is 5.81. The highest BCUT2D eigenvalue weighted by Crippen LogP contribution is 2.46. The van der Waals surface area contributed by atoms with E-state index in [-0.39, 0.29) is 0 Å². The largest absolute Gasteiger partial charge is 0.481 e. The lowest BCUT2D eigenvalue weighted by molar-refractivity contribution is -0.383. The SMILES string of the molecule is O=C(O)CC(O)(CC(=O)O[C@H]1[C@@H](O[C@]2(CO)O[C@H](CO)[C@@H](O)[C@@H]2OP(=O)(O)O)O[C@H](CO)[C@@H](O)[C@@H]1O)C(=O)O. The van der Waals surface area contributed by atoms with E-state index >= 15 is 0 Å². The van der Waals surface area contributed by atoms with Crippen molar-refractivity contribution >= 4 is 25.7 Å². The Morgan fingerprint density at radius 1 is 0.923 bits per heavy atom. The molecule has 0 bridgehead atoms. The lowest BCUT2D eigenvalue weighted by atomic mass is 9.95. The number of carbonyl (C=O) groups is 3. The first-order valence-electron chi connectivity index (χ1n) is 10.9. The fourth-order valence-electron chi connectivity index (χ4n) is 3.91. The first-order valence-corrected chi connectivity index (χ1v) is 12.5. The molecule has 2 saturated heterocycles. The van der Waals surface area contributed by atoms with Gasteiger partial charge in [0.1, 0.15) is 37.1 Å². The molecular formula is C18H29O20P. The van der Waals surface area contributed by atoms with Crippen molar-refractivity contribution in [2.45, 2.75) is 73.2 Å². The number of ether oxygens (including phenoxy) is 4. The molecule has 1 unspecified atom stereocenters. The van der Waals surface area contributed by atoms with Crippen LogP contribution in [0.3, 0.4) is 0 Å². The van der Waals surface area contributed by atoms with Gasteiger partial charge in [0.15, 0.2) is 17.8 Å². The summed E-state index contributed by atoms with van der Waals surface area (Å²) in [6.45, 7) is -3.41. The number of rotatable bonds is 13. The minimum atomic E-state index is -5.46. The van der Waals surface area contributed by atoms with Crippen LogP contribution in [0, 0.1) is 0 Å². The van der Waals surface area contributed by atoms with Crippen LogP contribution in [0.5, 0.6) is 0 Å². The highest BCUT2D eigenvalue weighted by atomic mass is 31.2. The van der Waals surface area contributed by atoms with Gasteiger partial charge in [-0.2, -0.15) is 0 Å². The Labute approximate surface area is 217 Å². The molecule has 10 atom stereocenters. The van der Waals surface area contributed by atoms with Gasteiger partial charge in [0, 0.05) is 0 Å². The van der Waals surface area contributed by atoms with Crippen molar-refractivity contribution in [2.75, 3.05) is 19.8 Å². The first kappa shape index (κ1) is 33.3. The molecule has 2 rings (SSSR count). The number of aliphatic carboxylic acids is 2. The molecule has 39 heavy (non-hydrogen) atoms. The summed E-state index contributed by atoms with van der Waals surface area (Å²) in [6, 6.07) is 0. The van der Waals surface area contributed by atoms with E-state index in [4.69, 9.17) is 29.2 Å². The van der Waals surface area contributed by atoms with Crippen LogP contribution in [0.25, 0.3) is 0 Å². The van der Waals surface area contributed by atoms with E-state index in [1.165, 1.54) is 0 Å². The number of esters is 1. The first-order chi connectivity index (χ1) is 17.9. The number of phosphoric acid groups is 1. The van der Waals surface area contributed by atoms with Crippen molar-refractivity contribution in [1.82, 2.24) is 0 Å². The van der Waals surface area contributed by atoms with Crippen molar-refractivity contribution in [3.8, 4) is 0 Å². The summed E-state index contributed by atoms with van der Waals surface area (Å²) in [7, 11) is -5.46. The normalized spacial score (nSPS) is 36.7. The molecule has 0 aromatic rings. The van der Waals surface area contributed by atoms with E-state index in [9.17, 15) is 64.5 Å². The number of carboxylic acids is 2. The molecular weight excluding hydrogens is 567 g/mol. The minimum Gasteiger partial charge on any atom is -0.481 e. The molecule has 11 N–H and O–H groups in total. The maximum Gasteiger partial charge on any atom is 0.470 e. The standard InChI is InChI=1S/C18H29O20P/c19-3-6-10(25)12(27)13(35-9(24)2-17(30,16(28)29)1-8(22)23)15(34-6)37-18(5-21)14(38-39(31,32)33)11(26)7(4-20)36-18/h6-7,10-15,19-21,25-27,30H,1-5H2,(H,22,23)(H,28,29)(H2,31,32,33)/t6-,7-,10-,11-,12+,13-,14+,15-,17?,18+/m1/s1. The minimum absolute atomic E-state index is 1.00. The zero-order chi connectivity index (χ0) is 29.9. The van der Waals surface area contributed by atoms with E-state index in [0.29, 0.717) is 0 Å². The number of aliphatic hydroxyl groups excluding tert-OH is 6. The highest BCUT2D eigenvalue weighted by molar-refractivity contribution is 7.46. The van der Waals surface area contributed by atoms with Gasteiger partial charge in [0.05, 0.1) is 26.1 Å². The van der Waals surface area contributed by atoms with Gasteiger partial charge in [0.25, 0.3) is 0 Å². The molecule has 0 spiro atoms. The number of aliphatic hydroxyl groups is 7. The Morgan fingerprint density at radius 2 is 1.51 bits per heavy atom. The summed E-state index contributed by atoms with van der Waals surface area (Å²) in [6.07, 6.45) is -19.4. The maximum atomic E-state index is 12.5. The third kappa shape index (κ3) is 7.65. The molecule has 2 aliphatic heterocycles. The Kier molecular flexibility index (Phi) is 10.9. The van der Waals surface area contributed by atoms with Crippen LogP contribution in [0.15, 0.2) is 0 Å². The zero-order valence-electron chi connectivity index (χ0n) is 19.7. The average Bonchev–Trinajstić information content (AvgIpc) is 3.07. The second-order valence-electron chi connectivity index (χ2n) is 8.68. The lowest BCUT2D eigenvalue weighted by Crippen LogP contribution is -2.64. The smallest absolute Gasteiger partial charge is 0.470 e. The Bertz CT molecular complexity index is 940. The van der Waals surface area contributed by atoms with Crippen LogP contribution < -0.4 is 0 Å². The topological polar surface area (TPSA) is 337 Å². The molecule has 0 aromatic heterocycles. The van der Waals surface area contributed by atoms with Gasteiger partial charge in [-0.05, 0) is 0 Å². The van der Waals surface area contributed by atoms with Crippen molar-refractivity contribution in [1.29, 1.82) is 0 Å². The van der Waals surface area contributed by atoms with Crippen molar-refractivity contribution in [3.63, 3.8) is 0 Å². The van der Waals surface area contributed by atoms with E-state index in [1.807, 2.05) is 0 Å². The van der Waals surface area contributed by atoms with Gasteiger partial charge in [-0.1, -0.05) is 0 Å². The quantitative estimate of drug-likeness (QED) is 0.0695. The molecule has 0 saturated carbocycles. The van der Waals surface area contributed by atoms with E-state index in [1.54, 1.807) is 0 Å². The third-order valence-corrected chi connectivity index (χ3v) is 6.31. The summed E-state index contributed by atoms with van der Waals surface area (Å²) >= 11 is 0. The molecule has 0 aliphatic carbocycles. The van der Waals surface area contributed by atoms with Crippen LogP contribution in [0.2, 0.25) is 0 Å². The van der Waals surface area contributed by atoms with Crippen LogP contribution in [-0.4, -0.2) is 154 Å². The van der Waals surface area contributed by atoms with E-state index in [2.05, 4.69) is 4.52 Å². The molecule has 226 valence electrons. The highest BCUT2D eigenvalue weighted by Gasteiger charge is 2.61. The summed E-state index contributed by atoms with van der Waals surface area (Å²) in [4.78, 5) is 53.2. The number of carboxylic acid groups (broad SMARTS) is 2. The lowest BCUT2D eigenvalue weighted by Gasteiger charge is -2.44. The number of hydrogen-bond acceptors (Lipinski definition) is 16. The molecule has 2 aliphatic rings. The van der Waals surface area contributed by atoms with Gasteiger partial charge in [-0.3, -0.25) is 14.1 Å². The van der Waals surface area contributed by atoms with Crippen LogP contribution in [-0.2, 0) is 42.4 Å². The molecule has 2 heterocycles. The van der Waals surface area contributed by atoms with Gasteiger partial charge < -0.3 is 74.7 Å². The van der Waals surface area contributed by atoms with Gasteiger partial charge in [-0.25, -0.2) is 9.36 Å². The fraction of sp³-hybridized carbons (Fsp3) is 0.833. The predicted molar refractivity (Wildman–Crippen MR) is 113 cm³/mol. The summed E-state index contributed by atoms with van der Waals surface area (Å²) < 4.78 is 36.6. The average molecular weight is 596 g/mol. The summed E-state index contributed by atoms with van der Waals surface area (Å²) in [5, 5.41) is 88.0. The fourth-order valence-corrected chi connectivity index (χ4v) is 4.49. The maximum absolute atomic E-state index is 12.5. The molecule has 20 nitrogen and oxygen atoms in total. The molecule has 2 fully saturated rings. The second-order valence-corrected chi connectivity index (χ2v) is 9.87.